The molecule has 0 spiro atoms. The Kier molecular flexibility index (Phi) is 6.39. The summed E-state index contributed by atoms with van der Waals surface area (Å²) in [5.74, 6) is 0.0105. The Bertz CT molecular complexity index is 828. The summed E-state index contributed by atoms with van der Waals surface area (Å²) in [5, 5.41) is 9.25. The third-order valence-corrected chi connectivity index (χ3v) is 4.87. The van der Waals surface area contributed by atoms with Gasteiger partial charge >= 0.3 is 0 Å². The van der Waals surface area contributed by atoms with Gasteiger partial charge in [0.1, 0.15) is 0 Å². The van der Waals surface area contributed by atoms with Crippen molar-refractivity contribution in [3.05, 3.63) is 71.1 Å². The molecule has 4 nitrogen and oxygen atoms in total. The van der Waals surface area contributed by atoms with Gasteiger partial charge in [-0.15, -0.1) is 11.3 Å². The molecule has 3 rings (SSSR count). The average molecular weight is 366 g/mol. The molecule has 1 heterocycles. The van der Waals surface area contributed by atoms with Gasteiger partial charge in [-0.25, -0.2) is 4.98 Å². The Hall–Kier alpha value is -2.66. The number of amides is 1. The molecular formula is C21H23N3OS. The van der Waals surface area contributed by atoms with Gasteiger partial charge in [0.2, 0.25) is 5.91 Å². The van der Waals surface area contributed by atoms with Crippen LogP contribution in [-0.4, -0.2) is 24.0 Å². The van der Waals surface area contributed by atoms with E-state index in [1.165, 1.54) is 18.1 Å². The van der Waals surface area contributed by atoms with E-state index in [1.807, 2.05) is 6.07 Å². The molecule has 0 aliphatic heterocycles. The van der Waals surface area contributed by atoms with E-state index in [1.54, 1.807) is 11.3 Å². The van der Waals surface area contributed by atoms with Crippen molar-refractivity contribution >= 4 is 22.4 Å². The molecule has 134 valence electrons. The highest BCUT2D eigenvalue weighted by Crippen LogP contribution is 2.25. The Morgan fingerprint density at radius 2 is 1.65 bits per heavy atom. The van der Waals surface area contributed by atoms with Crippen molar-refractivity contribution in [3.8, 4) is 11.3 Å². The number of hydrogen-bond donors (Lipinski definition) is 2. The number of carbonyl (C=O) groups is 1. The molecule has 0 aliphatic rings. The maximum absolute atomic E-state index is 10.9. The molecule has 0 atom stereocenters. The number of nitrogens with zero attached hydrogens (tertiary/aromatic N) is 1. The van der Waals surface area contributed by atoms with Gasteiger partial charge in [0.15, 0.2) is 5.13 Å². The Balaban J connectivity index is 1.51. The van der Waals surface area contributed by atoms with Gasteiger partial charge in [0.05, 0.1) is 5.69 Å². The number of benzene rings is 2. The van der Waals surface area contributed by atoms with Crippen LogP contribution in [-0.2, 0) is 17.6 Å². The summed E-state index contributed by atoms with van der Waals surface area (Å²) in [4.78, 5) is 15.6. The van der Waals surface area contributed by atoms with Crippen LogP contribution in [0.25, 0.3) is 11.3 Å². The molecule has 0 radical (unpaired) electrons. The van der Waals surface area contributed by atoms with Crippen LogP contribution in [0, 0.1) is 0 Å². The van der Waals surface area contributed by atoms with Crippen LogP contribution >= 0.6 is 11.3 Å². The van der Waals surface area contributed by atoms with Gasteiger partial charge < -0.3 is 10.6 Å². The van der Waals surface area contributed by atoms with Crippen LogP contribution in [0.15, 0.2) is 60.0 Å². The van der Waals surface area contributed by atoms with Gasteiger partial charge in [-0.1, -0.05) is 54.6 Å². The summed E-state index contributed by atoms with van der Waals surface area (Å²) in [5.41, 5.74) is 4.64. The lowest BCUT2D eigenvalue weighted by Gasteiger charge is -2.04. The third kappa shape index (κ3) is 5.43. The van der Waals surface area contributed by atoms with Crippen LogP contribution in [0.2, 0.25) is 0 Å². The first-order valence-electron chi connectivity index (χ1n) is 8.78. The molecular weight excluding hydrogens is 342 g/mol. The maximum atomic E-state index is 10.9. The monoisotopic (exact) mass is 365 g/mol. The van der Waals surface area contributed by atoms with Crippen LogP contribution in [0.1, 0.15) is 18.1 Å². The van der Waals surface area contributed by atoms with E-state index in [4.69, 9.17) is 0 Å². The highest BCUT2D eigenvalue weighted by molar-refractivity contribution is 7.14. The quantitative estimate of drug-likeness (QED) is 0.631. The molecule has 0 aliphatic carbocycles. The minimum absolute atomic E-state index is 0.0105. The SMILES string of the molecule is CC(=O)NCCc1ccc(-c2csc(NCCc3ccccc3)n2)cc1. The van der Waals surface area contributed by atoms with E-state index < -0.39 is 0 Å². The molecule has 5 heteroatoms. The first-order valence-corrected chi connectivity index (χ1v) is 9.66. The Morgan fingerprint density at radius 1 is 0.962 bits per heavy atom. The molecule has 0 fully saturated rings. The second-order valence-corrected chi connectivity index (χ2v) is 6.99. The van der Waals surface area contributed by atoms with E-state index in [2.05, 4.69) is 69.5 Å². The summed E-state index contributed by atoms with van der Waals surface area (Å²) < 4.78 is 0. The molecule has 0 unspecified atom stereocenters. The van der Waals surface area contributed by atoms with Crippen LogP contribution in [0.3, 0.4) is 0 Å². The van der Waals surface area contributed by atoms with Gasteiger partial charge in [-0.3, -0.25) is 4.79 Å². The van der Waals surface area contributed by atoms with E-state index in [0.717, 1.165) is 35.8 Å². The predicted octanol–water partition coefficient (Wildman–Crippen LogP) is 4.14. The number of rotatable bonds is 8. The van der Waals surface area contributed by atoms with E-state index in [0.29, 0.717) is 6.54 Å². The molecule has 0 saturated carbocycles. The summed E-state index contributed by atoms with van der Waals surface area (Å²) in [7, 11) is 0. The highest BCUT2D eigenvalue weighted by Gasteiger charge is 2.05. The van der Waals surface area contributed by atoms with Gasteiger partial charge in [0.25, 0.3) is 0 Å². The zero-order valence-corrected chi connectivity index (χ0v) is 15.7. The second-order valence-electron chi connectivity index (χ2n) is 6.13. The lowest BCUT2D eigenvalue weighted by Crippen LogP contribution is -2.22. The molecule has 1 aromatic heterocycles. The van der Waals surface area contributed by atoms with Gasteiger partial charge in [0, 0.05) is 31.0 Å². The minimum Gasteiger partial charge on any atom is -0.361 e. The van der Waals surface area contributed by atoms with Crippen molar-refractivity contribution in [3.63, 3.8) is 0 Å². The van der Waals surface area contributed by atoms with Crippen molar-refractivity contribution in [1.82, 2.24) is 10.3 Å². The fraction of sp³-hybridized carbons (Fsp3) is 0.238. The van der Waals surface area contributed by atoms with Crippen LogP contribution in [0.5, 0.6) is 0 Å². The third-order valence-electron chi connectivity index (χ3n) is 4.07. The summed E-state index contributed by atoms with van der Waals surface area (Å²) in [6.45, 7) is 3.08. The lowest BCUT2D eigenvalue weighted by molar-refractivity contribution is -0.118. The first-order chi connectivity index (χ1) is 12.7. The molecule has 2 N–H and O–H groups in total. The van der Waals surface area contributed by atoms with Crippen molar-refractivity contribution in [2.75, 3.05) is 18.4 Å². The fourth-order valence-electron chi connectivity index (χ4n) is 2.67. The molecule has 3 aromatic rings. The van der Waals surface area contributed by atoms with Gasteiger partial charge in [-0.2, -0.15) is 0 Å². The van der Waals surface area contributed by atoms with Crippen LogP contribution in [0.4, 0.5) is 5.13 Å². The van der Waals surface area contributed by atoms with Crippen molar-refractivity contribution in [2.45, 2.75) is 19.8 Å². The van der Waals surface area contributed by atoms with E-state index in [9.17, 15) is 4.79 Å². The van der Waals surface area contributed by atoms with Crippen molar-refractivity contribution in [2.24, 2.45) is 0 Å². The van der Waals surface area contributed by atoms with E-state index in [-0.39, 0.29) is 5.91 Å². The van der Waals surface area contributed by atoms with Crippen LogP contribution < -0.4 is 10.6 Å². The number of anilines is 1. The number of hydrogen-bond acceptors (Lipinski definition) is 4. The normalized spacial score (nSPS) is 10.5. The van der Waals surface area contributed by atoms with Crippen molar-refractivity contribution < 1.29 is 4.79 Å². The number of thiazole rings is 1. The second kappa shape index (κ2) is 9.15. The molecule has 1 amide bonds. The highest BCUT2D eigenvalue weighted by atomic mass is 32.1. The minimum atomic E-state index is 0.0105. The summed E-state index contributed by atoms with van der Waals surface area (Å²) >= 11 is 1.63. The number of carbonyl (C=O) groups excluding carboxylic acids is 1. The number of nitrogens with one attached hydrogen (secondary N) is 2. The average Bonchev–Trinajstić information content (AvgIpc) is 3.12. The zero-order valence-electron chi connectivity index (χ0n) is 14.9. The summed E-state index contributed by atoms with van der Waals surface area (Å²) in [6, 6.07) is 18.8. The first kappa shape index (κ1) is 18.1. The fourth-order valence-corrected chi connectivity index (χ4v) is 3.42. The predicted molar refractivity (Wildman–Crippen MR) is 109 cm³/mol. The van der Waals surface area contributed by atoms with Gasteiger partial charge in [-0.05, 0) is 24.0 Å². The Morgan fingerprint density at radius 3 is 2.38 bits per heavy atom. The largest absolute Gasteiger partial charge is 0.361 e. The Labute approximate surface area is 158 Å². The van der Waals surface area contributed by atoms with E-state index >= 15 is 0 Å². The van der Waals surface area contributed by atoms with Crippen molar-refractivity contribution in [1.29, 1.82) is 0 Å². The topological polar surface area (TPSA) is 54.0 Å². The molecule has 26 heavy (non-hydrogen) atoms. The standard InChI is InChI=1S/C21H23N3OS/c1-16(25)22-13-11-18-7-9-19(10-8-18)20-15-26-21(24-20)23-14-12-17-5-3-2-4-6-17/h2-10,15H,11-14H2,1H3,(H,22,25)(H,23,24). The zero-order chi connectivity index (χ0) is 18.2. The molecule has 0 saturated heterocycles. The lowest BCUT2D eigenvalue weighted by atomic mass is 10.1. The number of aromatic nitrogens is 1. The molecule has 0 bridgehead atoms. The smallest absolute Gasteiger partial charge is 0.216 e. The summed E-state index contributed by atoms with van der Waals surface area (Å²) in [6.07, 6.45) is 1.82. The molecule has 2 aromatic carbocycles. The maximum Gasteiger partial charge on any atom is 0.216 e.